The molecule has 4 heteroatoms. The van der Waals surface area contributed by atoms with Gasteiger partial charge in [-0.2, -0.15) is 4.98 Å². The van der Waals surface area contributed by atoms with Gasteiger partial charge in [0, 0.05) is 5.38 Å². The maximum atomic E-state index is 5.42. The quantitative estimate of drug-likeness (QED) is 0.763. The maximum Gasteiger partial charge on any atom is 0.274 e. The van der Waals surface area contributed by atoms with Crippen LogP contribution in [0.15, 0.2) is 9.98 Å². The van der Waals surface area contributed by atoms with Gasteiger partial charge in [0.05, 0.1) is 0 Å². The number of rotatable bonds is 2. The van der Waals surface area contributed by atoms with Crippen LogP contribution >= 0.6 is 27.3 Å². The second kappa shape index (κ2) is 2.51. The summed E-state index contributed by atoms with van der Waals surface area (Å²) in [4.78, 5) is 4.10. The molecule has 0 amide bonds. The van der Waals surface area contributed by atoms with E-state index in [1.807, 2.05) is 5.38 Å². The lowest BCUT2D eigenvalue weighted by molar-refractivity contribution is 0.301. The van der Waals surface area contributed by atoms with Gasteiger partial charge in [0.15, 0.2) is 0 Å². The number of thiazole rings is 1. The number of hydrogen-bond acceptors (Lipinski definition) is 3. The van der Waals surface area contributed by atoms with Crippen LogP contribution < -0.4 is 4.74 Å². The molecule has 1 aromatic rings. The van der Waals surface area contributed by atoms with Crippen LogP contribution in [0, 0.1) is 0 Å². The predicted molar refractivity (Wildman–Crippen MR) is 43.5 cm³/mol. The molecule has 0 atom stereocenters. The van der Waals surface area contributed by atoms with Gasteiger partial charge < -0.3 is 4.74 Å². The Balaban J connectivity index is 2.03. The summed E-state index contributed by atoms with van der Waals surface area (Å²) in [6.45, 7) is 0. The van der Waals surface area contributed by atoms with Crippen LogP contribution in [-0.2, 0) is 0 Å². The Morgan fingerprint density at radius 2 is 2.50 bits per heavy atom. The fraction of sp³-hybridized carbons (Fsp3) is 0.500. The van der Waals surface area contributed by atoms with E-state index in [9.17, 15) is 0 Å². The van der Waals surface area contributed by atoms with E-state index in [-0.39, 0.29) is 0 Å². The number of ether oxygens (including phenoxy) is 1. The molecule has 2 rings (SSSR count). The largest absolute Gasteiger partial charge is 0.467 e. The minimum atomic E-state index is 0.457. The van der Waals surface area contributed by atoms with Crippen molar-refractivity contribution in [1.82, 2.24) is 4.98 Å². The zero-order valence-electron chi connectivity index (χ0n) is 5.21. The summed E-state index contributed by atoms with van der Waals surface area (Å²) in [7, 11) is 0. The normalized spacial score (nSPS) is 17.3. The van der Waals surface area contributed by atoms with Crippen molar-refractivity contribution in [3.05, 3.63) is 9.98 Å². The molecule has 1 aliphatic carbocycles. The molecule has 0 N–H and O–H groups in total. The molecule has 0 spiro atoms. The Morgan fingerprint density at radius 3 is 3.00 bits per heavy atom. The van der Waals surface area contributed by atoms with Crippen LogP contribution in [-0.4, -0.2) is 11.1 Å². The Bertz CT molecular complexity index is 233. The first-order chi connectivity index (χ1) is 4.84. The predicted octanol–water partition coefficient (Wildman–Crippen LogP) is 2.45. The lowest BCUT2D eigenvalue weighted by Crippen LogP contribution is -1.94. The molecule has 0 unspecified atom stereocenters. The highest BCUT2D eigenvalue weighted by atomic mass is 79.9. The van der Waals surface area contributed by atoms with E-state index in [2.05, 4.69) is 20.9 Å². The molecule has 0 radical (unpaired) electrons. The lowest BCUT2D eigenvalue weighted by atomic mass is 10.8. The van der Waals surface area contributed by atoms with Crippen LogP contribution in [0.2, 0.25) is 0 Å². The van der Waals surface area contributed by atoms with E-state index in [1.54, 1.807) is 0 Å². The fourth-order valence-electron chi connectivity index (χ4n) is 0.622. The first-order valence-electron chi connectivity index (χ1n) is 3.12. The van der Waals surface area contributed by atoms with Gasteiger partial charge in [-0.15, -0.1) is 0 Å². The molecule has 1 heterocycles. The Hall–Kier alpha value is -0.0900. The van der Waals surface area contributed by atoms with Crippen molar-refractivity contribution in [2.75, 3.05) is 0 Å². The van der Waals surface area contributed by atoms with Crippen LogP contribution in [0.25, 0.3) is 0 Å². The summed E-state index contributed by atoms with van der Waals surface area (Å²) in [5.74, 6) is 0. The fourth-order valence-corrected chi connectivity index (χ4v) is 1.77. The van der Waals surface area contributed by atoms with Crippen molar-refractivity contribution in [2.45, 2.75) is 18.9 Å². The van der Waals surface area contributed by atoms with Gasteiger partial charge in [0.25, 0.3) is 5.19 Å². The summed E-state index contributed by atoms with van der Waals surface area (Å²) < 4.78 is 6.29. The van der Waals surface area contributed by atoms with Crippen molar-refractivity contribution in [3.8, 4) is 5.19 Å². The first-order valence-corrected chi connectivity index (χ1v) is 4.79. The summed E-state index contributed by atoms with van der Waals surface area (Å²) in [6, 6.07) is 0. The van der Waals surface area contributed by atoms with Crippen molar-refractivity contribution in [2.24, 2.45) is 0 Å². The molecule has 1 fully saturated rings. The Morgan fingerprint density at radius 1 is 1.70 bits per heavy atom. The van der Waals surface area contributed by atoms with Crippen LogP contribution in [0.5, 0.6) is 5.19 Å². The van der Waals surface area contributed by atoms with Crippen LogP contribution in [0.3, 0.4) is 0 Å². The zero-order valence-corrected chi connectivity index (χ0v) is 7.61. The van der Waals surface area contributed by atoms with Gasteiger partial charge in [0.2, 0.25) is 0 Å². The second-order valence-corrected chi connectivity index (χ2v) is 3.89. The molecular formula is C6H6BrNOS. The van der Waals surface area contributed by atoms with Crippen molar-refractivity contribution < 1.29 is 4.74 Å². The van der Waals surface area contributed by atoms with E-state index in [1.165, 1.54) is 24.2 Å². The molecule has 0 aliphatic heterocycles. The maximum absolute atomic E-state index is 5.42. The summed E-state index contributed by atoms with van der Waals surface area (Å²) in [5, 5.41) is 2.71. The molecule has 1 aromatic heterocycles. The molecule has 0 bridgehead atoms. The number of hydrogen-bond donors (Lipinski definition) is 0. The minimum absolute atomic E-state index is 0.457. The monoisotopic (exact) mass is 219 g/mol. The highest BCUT2D eigenvalue weighted by molar-refractivity contribution is 9.10. The molecule has 2 nitrogen and oxygen atoms in total. The third kappa shape index (κ3) is 1.49. The second-order valence-electron chi connectivity index (χ2n) is 2.25. The Kier molecular flexibility index (Phi) is 1.66. The molecule has 10 heavy (non-hydrogen) atoms. The first kappa shape index (κ1) is 6.61. The molecule has 0 aromatic carbocycles. The van der Waals surface area contributed by atoms with Crippen LogP contribution in [0.4, 0.5) is 0 Å². The molecular weight excluding hydrogens is 214 g/mol. The summed E-state index contributed by atoms with van der Waals surface area (Å²) in [5.41, 5.74) is 0. The van der Waals surface area contributed by atoms with Crippen molar-refractivity contribution in [3.63, 3.8) is 0 Å². The molecule has 1 saturated carbocycles. The van der Waals surface area contributed by atoms with E-state index in [0.29, 0.717) is 6.10 Å². The number of halogens is 1. The van der Waals surface area contributed by atoms with Gasteiger partial charge in [-0.25, -0.2) is 0 Å². The van der Waals surface area contributed by atoms with Crippen molar-refractivity contribution in [1.29, 1.82) is 0 Å². The highest BCUT2D eigenvalue weighted by Crippen LogP contribution is 2.29. The summed E-state index contributed by atoms with van der Waals surface area (Å²) >= 11 is 4.80. The molecule has 1 aliphatic rings. The summed E-state index contributed by atoms with van der Waals surface area (Å²) in [6.07, 6.45) is 2.84. The topological polar surface area (TPSA) is 22.1 Å². The highest BCUT2D eigenvalue weighted by Gasteiger charge is 2.24. The number of nitrogens with zero attached hydrogens (tertiary/aromatic N) is 1. The molecule has 54 valence electrons. The average molecular weight is 220 g/mol. The zero-order chi connectivity index (χ0) is 6.97. The van der Waals surface area contributed by atoms with Gasteiger partial charge >= 0.3 is 0 Å². The average Bonchev–Trinajstić information content (AvgIpc) is 2.59. The van der Waals surface area contributed by atoms with E-state index in [0.717, 1.165) is 9.80 Å². The van der Waals surface area contributed by atoms with Gasteiger partial charge in [0.1, 0.15) is 10.7 Å². The standard InChI is InChI=1S/C6H6BrNOS/c7-5-3-10-6(8-5)9-4-1-2-4/h3-4H,1-2H2. The SMILES string of the molecule is Brc1csc(OC2CC2)n1. The van der Waals surface area contributed by atoms with E-state index < -0.39 is 0 Å². The van der Waals surface area contributed by atoms with E-state index in [4.69, 9.17) is 4.74 Å². The number of aromatic nitrogens is 1. The van der Waals surface area contributed by atoms with Gasteiger partial charge in [-0.3, -0.25) is 0 Å². The third-order valence-electron chi connectivity index (χ3n) is 1.25. The Labute approximate surface area is 71.4 Å². The molecule has 0 saturated heterocycles. The van der Waals surface area contributed by atoms with Crippen molar-refractivity contribution >= 4 is 27.3 Å². The third-order valence-corrected chi connectivity index (χ3v) is 2.69. The van der Waals surface area contributed by atoms with E-state index >= 15 is 0 Å². The smallest absolute Gasteiger partial charge is 0.274 e. The van der Waals surface area contributed by atoms with Crippen LogP contribution in [0.1, 0.15) is 12.8 Å². The lowest BCUT2D eigenvalue weighted by Gasteiger charge is -1.94. The van der Waals surface area contributed by atoms with Gasteiger partial charge in [-0.1, -0.05) is 11.3 Å². The van der Waals surface area contributed by atoms with Gasteiger partial charge in [-0.05, 0) is 28.8 Å². The minimum Gasteiger partial charge on any atom is -0.467 e.